The first-order valence-electron chi connectivity index (χ1n) is 8.97. The van der Waals surface area contributed by atoms with E-state index in [0.717, 1.165) is 0 Å². The fraction of sp³-hybridized carbons (Fsp3) is 0.400. The summed E-state index contributed by atoms with van der Waals surface area (Å²) in [5.74, 6) is 0. The predicted octanol–water partition coefficient (Wildman–Crippen LogP) is 4.71. The number of aryl methyl sites for hydroxylation is 2. The molecule has 5 rings (SSSR count). The minimum Gasteiger partial charge on any atom is -0.140 e. The van der Waals surface area contributed by atoms with Crippen molar-refractivity contribution in [3.05, 3.63) is 20.9 Å². The second-order valence-corrected chi connectivity index (χ2v) is 20.7. The van der Waals surface area contributed by atoms with Gasteiger partial charge < -0.3 is 0 Å². The molecular formula is C20H24S3Si2. The van der Waals surface area contributed by atoms with E-state index in [2.05, 4.69) is 87.9 Å². The maximum atomic E-state index is 2.61. The van der Waals surface area contributed by atoms with Crippen LogP contribution in [0.15, 0.2) is 0 Å². The fourth-order valence-corrected chi connectivity index (χ4v) is 22.1. The molecule has 25 heavy (non-hydrogen) atoms. The quantitative estimate of drug-likeness (QED) is 0.466. The molecule has 2 aliphatic heterocycles. The summed E-state index contributed by atoms with van der Waals surface area (Å²) in [6.45, 7) is 19.8. The third kappa shape index (κ3) is 1.73. The molecule has 0 aliphatic carbocycles. The van der Waals surface area contributed by atoms with Crippen molar-refractivity contribution in [3.63, 3.8) is 0 Å². The van der Waals surface area contributed by atoms with Gasteiger partial charge in [0.05, 0.1) is 0 Å². The van der Waals surface area contributed by atoms with Crippen LogP contribution in [0.5, 0.6) is 0 Å². The molecule has 5 heteroatoms. The number of hydrogen-bond acceptors (Lipinski definition) is 3. The van der Waals surface area contributed by atoms with Crippen molar-refractivity contribution in [2.24, 2.45) is 0 Å². The zero-order chi connectivity index (χ0) is 18.0. The lowest BCUT2D eigenvalue weighted by atomic mass is 10.2. The van der Waals surface area contributed by atoms with Crippen LogP contribution in [0.2, 0.25) is 26.2 Å². The summed E-state index contributed by atoms with van der Waals surface area (Å²) in [4.78, 5) is 9.66. The predicted molar refractivity (Wildman–Crippen MR) is 123 cm³/mol. The minimum atomic E-state index is -1.58. The molecule has 0 radical (unpaired) electrons. The van der Waals surface area contributed by atoms with Crippen LogP contribution in [0.1, 0.15) is 20.9 Å². The smallest absolute Gasteiger partial charge is 0.116 e. The van der Waals surface area contributed by atoms with Gasteiger partial charge in [0.25, 0.3) is 0 Å². The molecule has 5 heterocycles. The van der Waals surface area contributed by atoms with Crippen molar-refractivity contribution < 1.29 is 0 Å². The van der Waals surface area contributed by atoms with Gasteiger partial charge in [-0.2, -0.15) is 0 Å². The standard InChI is InChI=1S/C20H24S3Si2/c1-9-11(3)21-13-15-19(24(5,6)17(9)13)20-16(23-15)14-18(25(20,7)8)10(2)12(4)22-14/h1-8H3. The summed E-state index contributed by atoms with van der Waals surface area (Å²) in [6, 6.07) is 0. The van der Waals surface area contributed by atoms with Gasteiger partial charge in [0.1, 0.15) is 16.1 Å². The van der Waals surface area contributed by atoms with Crippen LogP contribution in [0.4, 0.5) is 0 Å². The molecule has 0 atom stereocenters. The van der Waals surface area contributed by atoms with E-state index in [1.54, 1.807) is 41.0 Å². The summed E-state index contributed by atoms with van der Waals surface area (Å²) in [5.41, 5.74) is 3.18. The van der Waals surface area contributed by atoms with Crippen molar-refractivity contribution in [3.8, 4) is 19.5 Å². The van der Waals surface area contributed by atoms with Gasteiger partial charge in [-0.25, -0.2) is 0 Å². The SMILES string of the molecule is Cc1sc2c(c1C)[Si](C)(C)c1c-2sc2c1[Si](C)(C)c1c-2sc(C)c1C. The molecule has 0 bridgehead atoms. The lowest BCUT2D eigenvalue weighted by Gasteiger charge is -2.26. The maximum Gasteiger partial charge on any atom is 0.116 e. The Morgan fingerprint density at radius 2 is 0.800 bits per heavy atom. The van der Waals surface area contributed by atoms with Crippen LogP contribution < -0.4 is 20.7 Å². The zero-order valence-electron chi connectivity index (χ0n) is 16.2. The lowest BCUT2D eigenvalue weighted by Crippen LogP contribution is -2.63. The van der Waals surface area contributed by atoms with Gasteiger partial charge in [-0.15, -0.1) is 34.0 Å². The maximum absolute atomic E-state index is 2.61. The third-order valence-corrected chi connectivity index (χ3v) is 18.7. The molecule has 0 aromatic carbocycles. The molecule has 0 saturated carbocycles. The average molecular weight is 417 g/mol. The number of thiophene rings is 3. The molecule has 0 spiro atoms. The number of fused-ring (bicyclic) bond motifs is 7. The molecule has 0 amide bonds. The Labute approximate surface area is 164 Å². The molecule has 0 N–H and O–H groups in total. The first-order valence-corrected chi connectivity index (χ1v) is 17.4. The minimum absolute atomic E-state index is 1.53. The second-order valence-electron chi connectivity index (χ2n) is 8.74. The van der Waals surface area contributed by atoms with Crippen LogP contribution in [-0.4, -0.2) is 16.1 Å². The number of rotatable bonds is 0. The van der Waals surface area contributed by atoms with Crippen molar-refractivity contribution in [1.82, 2.24) is 0 Å². The van der Waals surface area contributed by atoms with Gasteiger partial charge in [0.15, 0.2) is 0 Å². The average Bonchev–Trinajstić information content (AvgIpc) is 3.20. The highest BCUT2D eigenvalue weighted by Crippen LogP contribution is 2.47. The van der Waals surface area contributed by atoms with Crippen molar-refractivity contribution >= 4 is 70.9 Å². The van der Waals surface area contributed by atoms with Crippen LogP contribution in [0.3, 0.4) is 0 Å². The van der Waals surface area contributed by atoms with Crippen molar-refractivity contribution in [2.75, 3.05) is 0 Å². The summed E-state index contributed by atoms with van der Waals surface area (Å²) < 4.78 is 0. The third-order valence-electron chi connectivity index (χ3n) is 6.59. The molecule has 0 unspecified atom stereocenters. The molecule has 0 nitrogen and oxygen atoms in total. The van der Waals surface area contributed by atoms with E-state index in [9.17, 15) is 0 Å². The Hall–Kier alpha value is -0.466. The van der Waals surface area contributed by atoms with Crippen LogP contribution in [-0.2, 0) is 0 Å². The Kier molecular flexibility index (Phi) is 3.12. The van der Waals surface area contributed by atoms with Gasteiger partial charge in [-0.05, 0) is 59.6 Å². The highest BCUT2D eigenvalue weighted by atomic mass is 32.1. The summed E-state index contributed by atoms with van der Waals surface area (Å²) >= 11 is 6.25. The lowest BCUT2D eigenvalue weighted by molar-refractivity contribution is 1.46. The van der Waals surface area contributed by atoms with Crippen LogP contribution >= 0.6 is 34.0 Å². The Morgan fingerprint density at radius 3 is 1.16 bits per heavy atom. The van der Waals surface area contributed by atoms with E-state index in [4.69, 9.17) is 0 Å². The van der Waals surface area contributed by atoms with Gasteiger partial charge >= 0.3 is 0 Å². The largest absolute Gasteiger partial charge is 0.140 e. The summed E-state index contributed by atoms with van der Waals surface area (Å²) in [7, 11) is -3.16. The second kappa shape index (κ2) is 4.68. The van der Waals surface area contributed by atoms with Crippen molar-refractivity contribution in [2.45, 2.75) is 53.9 Å². The number of hydrogen-bond donors (Lipinski definition) is 0. The normalized spacial score (nSPS) is 18.2. The van der Waals surface area contributed by atoms with Gasteiger partial charge in [0.2, 0.25) is 0 Å². The van der Waals surface area contributed by atoms with E-state index in [1.807, 2.05) is 10.4 Å². The Morgan fingerprint density at radius 1 is 0.480 bits per heavy atom. The van der Waals surface area contributed by atoms with Crippen LogP contribution in [0, 0.1) is 27.7 Å². The fourth-order valence-electron chi connectivity index (χ4n) is 5.27. The molecular weight excluding hydrogens is 393 g/mol. The Bertz CT molecular complexity index is 1000. The monoisotopic (exact) mass is 416 g/mol. The van der Waals surface area contributed by atoms with Crippen LogP contribution in [0.25, 0.3) is 19.5 Å². The van der Waals surface area contributed by atoms with Gasteiger partial charge in [-0.1, -0.05) is 26.2 Å². The highest BCUT2D eigenvalue weighted by molar-refractivity contribution is 7.36. The molecule has 0 saturated heterocycles. The van der Waals surface area contributed by atoms with E-state index in [0.29, 0.717) is 0 Å². The molecule has 2 aliphatic rings. The topological polar surface area (TPSA) is 0 Å². The highest BCUT2D eigenvalue weighted by Gasteiger charge is 2.52. The first kappa shape index (κ1) is 16.7. The van der Waals surface area contributed by atoms with E-state index in [1.165, 1.54) is 9.75 Å². The molecule has 0 fully saturated rings. The first-order chi connectivity index (χ1) is 11.6. The zero-order valence-corrected chi connectivity index (χ0v) is 20.7. The molecule has 3 aromatic heterocycles. The van der Waals surface area contributed by atoms with E-state index < -0.39 is 16.1 Å². The Balaban J connectivity index is 1.90. The molecule has 130 valence electrons. The summed E-state index contributed by atoms with van der Waals surface area (Å²) in [5, 5.41) is 7.17. The molecule has 3 aromatic rings. The van der Waals surface area contributed by atoms with Gasteiger partial charge in [-0.3, -0.25) is 0 Å². The summed E-state index contributed by atoms with van der Waals surface area (Å²) in [6.07, 6.45) is 0. The van der Waals surface area contributed by atoms with E-state index >= 15 is 0 Å². The van der Waals surface area contributed by atoms with E-state index in [-0.39, 0.29) is 0 Å². The van der Waals surface area contributed by atoms with Crippen molar-refractivity contribution in [1.29, 1.82) is 0 Å². The van der Waals surface area contributed by atoms with Gasteiger partial charge in [0, 0.05) is 29.3 Å².